The van der Waals surface area contributed by atoms with E-state index < -0.39 is 0 Å². The van der Waals surface area contributed by atoms with Gasteiger partial charge in [-0.3, -0.25) is 0 Å². The van der Waals surface area contributed by atoms with Gasteiger partial charge in [-0.2, -0.15) is 0 Å². The summed E-state index contributed by atoms with van der Waals surface area (Å²) in [6.07, 6.45) is 1.96. The van der Waals surface area contributed by atoms with Crippen LogP contribution in [-0.2, 0) is 6.54 Å². The van der Waals surface area contributed by atoms with E-state index in [1.807, 2.05) is 6.33 Å². The Labute approximate surface area is 110 Å². The van der Waals surface area contributed by atoms with Gasteiger partial charge in [0.1, 0.15) is 5.52 Å². The minimum Gasteiger partial charge on any atom is -0.130 e. The van der Waals surface area contributed by atoms with Crippen molar-refractivity contribution in [2.45, 2.75) is 6.54 Å². The van der Waals surface area contributed by atoms with E-state index in [0.717, 1.165) is 12.1 Å². The van der Waals surface area contributed by atoms with Gasteiger partial charge in [0.2, 0.25) is 0 Å². The summed E-state index contributed by atoms with van der Waals surface area (Å²) in [5, 5.41) is 3.88. The van der Waals surface area contributed by atoms with Crippen LogP contribution in [0.2, 0.25) is 0 Å². The van der Waals surface area contributed by atoms with Gasteiger partial charge in [-0.05, 0) is 6.07 Å². The molecule has 0 fully saturated rings. The van der Waals surface area contributed by atoms with E-state index in [-0.39, 0.29) is 0 Å². The summed E-state index contributed by atoms with van der Waals surface area (Å²) in [6.45, 7) is 0.899. The molecule has 2 aromatic carbocycles. The lowest BCUT2D eigenvalue weighted by molar-refractivity contribution is -0.730. The first-order valence-electron chi connectivity index (χ1n) is 6.39. The number of fused-ring (bicyclic) bond motifs is 3. The molecule has 0 saturated heterocycles. The van der Waals surface area contributed by atoms with Crippen molar-refractivity contribution in [2.24, 2.45) is 0 Å². The molecule has 4 heteroatoms. The highest BCUT2D eigenvalue weighted by atomic mass is 15.4. The third-order valence-corrected chi connectivity index (χ3v) is 4.10. The van der Waals surface area contributed by atoms with Gasteiger partial charge in [0.25, 0.3) is 0 Å². The highest BCUT2D eigenvalue weighted by Crippen LogP contribution is 2.32. The van der Waals surface area contributed by atoms with Gasteiger partial charge >= 0.3 is 20.0 Å². The lowest BCUT2D eigenvalue weighted by atomic mass is 10.0. The zero-order valence-corrected chi connectivity index (χ0v) is 10.2. The minimum absolute atomic E-state index is 0.899. The predicted molar refractivity (Wildman–Crippen MR) is 73.1 cm³/mol. The standard InChI is InChI=1S/C15H10BN3/c16-18-9-17-8-10-4-3-6-12-11-5-1-2-7-13(11)19(18)15(17)14(10)12/h1-7,9H,8H2/q+2. The molecule has 0 unspecified atom stereocenters. The van der Waals surface area contributed by atoms with Crippen LogP contribution in [0, 0.1) is 0 Å². The Bertz CT molecular complexity index is 990. The Morgan fingerprint density at radius 1 is 1.00 bits per heavy atom. The molecule has 2 aromatic heterocycles. The van der Waals surface area contributed by atoms with E-state index in [2.05, 4.69) is 51.5 Å². The number of hydrogen-bond acceptors (Lipinski definition) is 0. The number of rotatable bonds is 0. The number of pyridine rings is 1. The monoisotopic (exact) mass is 243 g/mol. The van der Waals surface area contributed by atoms with Gasteiger partial charge in [0, 0.05) is 16.3 Å². The van der Waals surface area contributed by atoms with E-state index in [9.17, 15) is 0 Å². The molecule has 0 aliphatic carbocycles. The van der Waals surface area contributed by atoms with Crippen LogP contribution in [-0.4, -0.2) is 12.5 Å². The largest absolute Gasteiger partial charge is 0.621 e. The molecule has 0 atom stereocenters. The first-order valence-corrected chi connectivity index (χ1v) is 6.39. The highest BCUT2D eigenvalue weighted by Gasteiger charge is 2.32. The van der Waals surface area contributed by atoms with E-state index in [1.54, 1.807) is 4.59 Å². The normalized spacial score (nSPS) is 13.3. The van der Waals surface area contributed by atoms with Gasteiger partial charge in [0.05, 0.1) is 5.39 Å². The Morgan fingerprint density at radius 2 is 1.84 bits per heavy atom. The second kappa shape index (κ2) is 2.96. The molecule has 3 heterocycles. The molecule has 5 rings (SSSR count). The van der Waals surface area contributed by atoms with E-state index >= 15 is 0 Å². The maximum atomic E-state index is 6.12. The SMILES string of the molecule is [B][n+]1c[n+]2c3c4c(cccc4c4ccccc4n31)C2. The van der Waals surface area contributed by atoms with Crippen LogP contribution in [0.25, 0.3) is 27.3 Å². The van der Waals surface area contributed by atoms with Gasteiger partial charge in [-0.1, -0.05) is 40.9 Å². The number of benzene rings is 2. The number of para-hydroxylation sites is 1. The zero-order valence-electron chi connectivity index (χ0n) is 10.2. The van der Waals surface area contributed by atoms with Crippen LogP contribution in [0.15, 0.2) is 48.8 Å². The summed E-state index contributed by atoms with van der Waals surface area (Å²) in [4.78, 5) is 0. The molecule has 2 radical (unpaired) electrons. The molecule has 0 bridgehead atoms. The fourth-order valence-electron chi connectivity index (χ4n) is 3.37. The minimum atomic E-state index is 0.899. The molecular formula is C15H10BN3+2. The summed E-state index contributed by atoms with van der Waals surface area (Å²) in [6, 6.07) is 15.0. The molecule has 86 valence electrons. The highest BCUT2D eigenvalue weighted by molar-refractivity contribution is 6.12. The van der Waals surface area contributed by atoms with Crippen molar-refractivity contribution in [1.29, 1.82) is 0 Å². The van der Waals surface area contributed by atoms with Crippen LogP contribution in [0.1, 0.15) is 5.56 Å². The average Bonchev–Trinajstić information content (AvgIpc) is 2.94. The van der Waals surface area contributed by atoms with Crippen LogP contribution in [0.3, 0.4) is 0 Å². The van der Waals surface area contributed by atoms with Crippen LogP contribution in [0.5, 0.6) is 0 Å². The third kappa shape index (κ3) is 0.975. The lowest BCUT2D eigenvalue weighted by Crippen LogP contribution is -2.40. The topological polar surface area (TPSA) is 12.2 Å². The fraction of sp³-hybridized carbons (Fsp3) is 0.0667. The van der Waals surface area contributed by atoms with Crippen molar-refractivity contribution in [3.63, 3.8) is 0 Å². The maximum Gasteiger partial charge on any atom is 0.621 e. The second-order valence-corrected chi connectivity index (χ2v) is 5.12. The summed E-state index contributed by atoms with van der Waals surface area (Å²) in [5.74, 6) is 0. The van der Waals surface area contributed by atoms with Gasteiger partial charge in [-0.25, -0.2) is 0 Å². The quantitative estimate of drug-likeness (QED) is 0.219. The molecule has 0 N–H and O–H groups in total. The van der Waals surface area contributed by atoms with E-state index in [1.165, 1.54) is 27.4 Å². The van der Waals surface area contributed by atoms with Gasteiger partial charge in [0.15, 0.2) is 6.54 Å². The number of hydrogen-bond donors (Lipinski definition) is 0. The van der Waals surface area contributed by atoms with Crippen molar-refractivity contribution in [3.05, 3.63) is 54.4 Å². The Balaban J connectivity index is 2.29. The molecule has 1 aliphatic heterocycles. The van der Waals surface area contributed by atoms with Crippen LogP contribution < -0.4 is 9.16 Å². The molecular weight excluding hydrogens is 233 g/mol. The number of aromatic nitrogens is 3. The summed E-state index contributed by atoms with van der Waals surface area (Å²) in [5.41, 5.74) is 3.70. The fourth-order valence-corrected chi connectivity index (χ4v) is 3.37. The Hall–Kier alpha value is -2.36. The maximum absolute atomic E-state index is 6.12. The van der Waals surface area contributed by atoms with Crippen molar-refractivity contribution >= 4 is 35.3 Å². The molecule has 1 aliphatic rings. The van der Waals surface area contributed by atoms with Gasteiger partial charge in [-0.15, -0.1) is 9.16 Å². The van der Waals surface area contributed by atoms with Gasteiger partial charge < -0.3 is 0 Å². The van der Waals surface area contributed by atoms with Crippen molar-refractivity contribution in [1.82, 2.24) is 4.52 Å². The van der Waals surface area contributed by atoms with E-state index in [0.29, 0.717) is 0 Å². The first kappa shape index (κ1) is 9.56. The second-order valence-electron chi connectivity index (χ2n) is 5.12. The van der Waals surface area contributed by atoms with Crippen molar-refractivity contribution in [2.75, 3.05) is 0 Å². The first-order chi connectivity index (χ1) is 9.34. The molecule has 3 nitrogen and oxygen atoms in total. The Morgan fingerprint density at radius 3 is 2.79 bits per heavy atom. The van der Waals surface area contributed by atoms with Crippen LogP contribution >= 0.6 is 0 Å². The molecule has 0 amide bonds. The average molecular weight is 243 g/mol. The molecule has 19 heavy (non-hydrogen) atoms. The smallest absolute Gasteiger partial charge is 0.130 e. The number of nitrogens with zero attached hydrogens (tertiary/aromatic N) is 3. The van der Waals surface area contributed by atoms with Crippen molar-refractivity contribution in [3.8, 4) is 0 Å². The summed E-state index contributed by atoms with van der Waals surface area (Å²) >= 11 is 0. The summed E-state index contributed by atoms with van der Waals surface area (Å²) < 4.78 is 5.98. The predicted octanol–water partition coefficient (Wildman–Crippen LogP) is 1.11. The lowest BCUT2D eigenvalue weighted by Gasteiger charge is -2.03. The van der Waals surface area contributed by atoms with Crippen molar-refractivity contribution < 1.29 is 9.16 Å². The molecule has 0 saturated carbocycles. The third-order valence-electron chi connectivity index (χ3n) is 4.10. The summed E-state index contributed by atoms with van der Waals surface area (Å²) in [7, 11) is 6.12. The van der Waals surface area contributed by atoms with E-state index in [4.69, 9.17) is 7.98 Å². The zero-order chi connectivity index (χ0) is 12.6. The molecule has 0 spiro atoms. The Kier molecular flexibility index (Phi) is 1.49. The molecule has 4 aromatic rings. The van der Waals surface area contributed by atoms with Crippen LogP contribution in [0.4, 0.5) is 0 Å².